The van der Waals surface area contributed by atoms with Gasteiger partial charge in [0, 0.05) is 10.6 Å². The molecule has 0 aromatic heterocycles. The highest BCUT2D eigenvalue weighted by Gasteiger charge is 2.16. The molecule has 158 valence electrons. The van der Waals surface area contributed by atoms with Gasteiger partial charge in [-0.3, -0.25) is 9.52 Å². The number of hydrazone groups is 1. The van der Waals surface area contributed by atoms with Crippen molar-refractivity contribution in [3.8, 4) is 0 Å². The minimum atomic E-state index is -3.94. The second-order valence-corrected chi connectivity index (χ2v) is 8.39. The molecule has 0 aliphatic carbocycles. The summed E-state index contributed by atoms with van der Waals surface area (Å²) in [7, 11) is -3.94. The lowest BCUT2D eigenvalue weighted by molar-refractivity contribution is 0.0696. The maximum atomic E-state index is 12.6. The van der Waals surface area contributed by atoms with Gasteiger partial charge in [0.2, 0.25) is 0 Å². The maximum Gasteiger partial charge on any atom is 0.335 e. The summed E-state index contributed by atoms with van der Waals surface area (Å²) in [6.45, 7) is 0. The van der Waals surface area contributed by atoms with Crippen molar-refractivity contribution in [2.45, 2.75) is 4.90 Å². The van der Waals surface area contributed by atoms with Crippen molar-refractivity contribution in [1.82, 2.24) is 5.43 Å². The van der Waals surface area contributed by atoms with Crippen LogP contribution in [0.4, 0.5) is 5.69 Å². The highest BCUT2D eigenvalue weighted by Crippen LogP contribution is 2.20. The first-order valence-corrected chi connectivity index (χ1v) is 10.7. The molecule has 0 fully saturated rings. The van der Waals surface area contributed by atoms with Gasteiger partial charge in [-0.15, -0.1) is 0 Å². The monoisotopic (exact) mass is 457 g/mol. The summed E-state index contributed by atoms with van der Waals surface area (Å²) in [5, 5.41) is 13.1. The lowest BCUT2D eigenvalue weighted by Gasteiger charge is -2.09. The summed E-state index contributed by atoms with van der Waals surface area (Å²) in [6.07, 6.45) is 1.34. The van der Waals surface area contributed by atoms with Crippen molar-refractivity contribution < 1.29 is 23.1 Å². The Morgan fingerprint density at radius 1 is 0.935 bits per heavy atom. The first-order chi connectivity index (χ1) is 14.7. The molecule has 0 spiro atoms. The number of carboxylic acid groups (broad SMARTS) is 1. The van der Waals surface area contributed by atoms with Gasteiger partial charge in [0.25, 0.3) is 15.9 Å². The lowest BCUT2D eigenvalue weighted by atomic mass is 10.1. The van der Waals surface area contributed by atoms with E-state index >= 15 is 0 Å². The van der Waals surface area contributed by atoms with E-state index in [1.54, 1.807) is 18.2 Å². The van der Waals surface area contributed by atoms with Gasteiger partial charge in [-0.2, -0.15) is 5.10 Å². The summed E-state index contributed by atoms with van der Waals surface area (Å²) >= 11 is 5.87. The number of anilines is 1. The third kappa shape index (κ3) is 5.91. The molecular weight excluding hydrogens is 442 g/mol. The number of sulfonamides is 1. The van der Waals surface area contributed by atoms with Crippen LogP contribution in [0.5, 0.6) is 0 Å². The number of nitrogens with zero attached hydrogens (tertiary/aromatic N) is 1. The smallest absolute Gasteiger partial charge is 0.335 e. The van der Waals surface area contributed by atoms with Gasteiger partial charge in [0.1, 0.15) is 0 Å². The fourth-order valence-electron chi connectivity index (χ4n) is 2.51. The summed E-state index contributed by atoms with van der Waals surface area (Å²) in [4.78, 5) is 23.1. The van der Waals surface area contributed by atoms with Gasteiger partial charge < -0.3 is 5.11 Å². The Bertz CT molecular complexity index is 1260. The Labute approximate surface area is 183 Å². The van der Waals surface area contributed by atoms with Crippen LogP contribution in [0, 0.1) is 0 Å². The summed E-state index contributed by atoms with van der Waals surface area (Å²) < 4.78 is 27.6. The first-order valence-electron chi connectivity index (χ1n) is 8.80. The van der Waals surface area contributed by atoms with Crippen molar-refractivity contribution in [2.75, 3.05) is 4.72 Å². The zero-order chi connectivity index (χ0) is 22.4. The predicted molar refractivity (Wildman–Crippen MR) is 117 cm³/mol. The van der Waals surface area contributed by atoms with Crippen LogP contribution in [-0.4, -0.2) is 31.6 Å². The van der Waals surface area contributed by atoms with Gasteiger partial charge in [-0.1, -0.05) is 35.9 Å². The highest BCUT2D eigenvalue weighted by atomic mass is 35.5. The Morgan fingerprint density at radius 2 is 1.65 bits per heavy atom. The topological polar surface area (TPSA) is 125 Å². The normalized spacial score (nSPS) is 11.3. The zero-order valence-electron chi connectivity index (χ0n) is 15.8. The number of aromatic carboxylic acids is 1. The molecule has 0 heterocycles. The minimum absolute atomic E-state index is 0.0901. The molecule has 0 radical (unpaired) electrons. The Morgan fingerprint density at radius 3 is 2.32 bits per heavy atom. The number of rotatable bonds is 7. The van der Waals surface area contributed by atoms with Crippen molar-refractivity contribution in [3.63, 3.8) is 0 Å². The van der Waals surface area contributed by atoms with Gasteiger partial charge in [-0.25, -0.2) is 18.6 Å². The number of hydrogen-bond acceptors (Lipinski definition) is 5. The average Bonchev–Trinajstić information content (AvgIpc) is 2.74. The Hall–Kier alpha value is -3.69. The number of nitrogens with one attached hydrogen (secondary N) is 2. The second-order valence-electron chi connectivity index (χ2n) is 6.27. The van der Waals surface area contributed by atoms with E-state index in [-0.39, 0.29) is 16.0 Å². The number of hydrogen-bond donors (Lipinski definition) is 3. The zero-order valence-corrected chi connectivity index (χ0v) is 17.4. The molecule has 3 aromatic carbocycles. The largest absolute Gasteiger partial charge is 0.478 e. The number of benzene rings is 3. The molecule has 1 amide bonds. The van der Waals surface area contributed by atoms with Crippen LogP contribution in [0.2, 0.25) is 5.02 Å². The van der Waals surface area contributed by atoms with Crippen LogP contribution in [0.15, 0.2) is 82.8 Å². The molecule has 0 bridgehead atoms. The standard InChI is InChI=1S/C21H16ClN3O5S/c22-17-4-2-5-18(12-17)25-31(29,30)19-6-1-3-16(11-19)20(26)24-23-13-14-7-9-15(10-8-14)21(27)28/h1-13,25H,(H,24,26)(H,27,28)/b23-13+. The quantitative estimate of drug-likeness (QED) is 0.369. The van der Waals surface area contributed by atoms with E-state index in [0.717, 1.165) is 0 Å². The van der Waals surface area contributed by atoms with Crippen molar-refractivity contribution in [3.05, 3.63) is 94.5 Å². The molecule has 0 saturated heterocycles. The Kier molecular flexibility index (Phi) is 6.68. The molecule has 3 N–H and O–H groups in total. The number of carbonyl (C=O) groups is 2. The molecule has 0 aliphatic rings. The van der Waals surface area contributed by atoms with Crippen molar-refractivity contribution in [2.24, 2.45) is 5.10 Å². The number of carbonyl (C=O) groups excluding carboxylic acids is 1. The number of carboxylic acids is 1. The molecule has 31 heavy (non-hydrogen) atoms. The van der Waals surface area contributed by atoms with Crippen LogP contribution in [0.3, 0.4) is 0 Å². The predicted octanol–water partition coefficient (Wildman–Crippen LogP) is 3.60. The van der Waals surface area contributed by atoms with E-state index in [4.69, 9.17) is 16.7 Å². The molecule has 0 aliphatic heterocycles. The maximum absolute atomic E-state index is 12.6. The molecule has 0 unspecified atom stereocenters. The average molecular weight is 458 g/mol. The number of amides is 1. The van der Waals surface area contributed by atoms with Gasteiger partial charge >= 0.3 is 5.97 Å². The highest BCUT2D eigenvalue weighted by molar-refractivity contribution is 7.92. The van der Waals surface area contributed by atoms with E-state index < -0.39 is 21.9 Å². The molecule has 10 heteroatoms. The fraction of sp³-hybridized carbons (Fsp3) is 0. The molecule has 0 saturated carbocycles. The van der Waals surface area contributed by atoms with E-state index in [1.165, 1.54) is 60.8 Å². The lowest BCUT2D eigenvalue weighted by Crippen LogP contribution is -2.19. The molecular formula is C21H16ClN3O5S. The summed E-state index contributed by atoms with van der Waals surface area (Å²) in [5.74, 6) is -1.66. The van der Waals surface area contributed by atoms with Crippen molar-refractivity contribution in [1.29, 1.82) is 0 Å². The van der Waals surface area contributed by atoms with E-state index in [2.05, 4.69) is 15.2 Å². The SMILES string of the molecule is O=C(O)c1ccc(/C=N/NC(=O)c2cccc(S(=O)(=O)Nc3cccc(Cl)c3)c2)cc1. The Balaban J connectivity index is 1.70. The molecule has 3 aromatic rings. The van der Waals surface area contributed by atoms with Crippen LogP contribution in [0.1, 0.15) is 26.3 Å². The molecule has 3 rings (SSSR count). The fourth-order valence-corrected chi connectivity index (χ4v) is 3.80. The van der Waals surface area contributed by atoms with Crippen LogP contribution >= 0.6 is 11.6 Å². The van der Waals surface area contributed by atoms with E-state index in [9.17, 15) is 18.0 Å². The summed E-state index contributed by atoms with van der Waals surface area (Å²) in [5.41, 5.74) is 3.39. The van der Waals surface area contributed by atoms with Crippen LogP contribution < -0.4 is 10.1 Å². The van der Waals surface area contributed by atoms with Gasteiger partial charge in [0.05, 0.1) is 22.4 Å². The van der Waals surface area contributed by atoms with E-state index in [0.29, 0.717) is 16.3 Å². The minimum Gasteiger partial charge on any atom is -0.478 e. The van der Waals surface area contributed by atoms with Gasteiger partial charge in [0.15, 0.2) is 0 Å². The second kappa shape index (κ2) is 9.41. The third-order valence-electron chi connectivity index (χ3n) is 4.02. The van der Waals surface area contributed by atoms with E-state index in [1.807, 2.05) is 0 Å². The van der Waals surface area contributed by atoms with Gasteiger partial charge in [-0.05, 0) is 54.1 Å². The first kappa shape index (κ1) is 22.0. The third-order valence-corrected chi connectivity index (χ3v) is 5.63. The van der Waals surface area contributed by atoms with Crippen LogP contribution in [-0.2, 0) is 10.0 Å². The molecule has 8 nitrogen and oxygen atoms in total. The number of halogens is 1. The van der Waals surface area contributed by atoms with Crippen LogP contribution in [0.25, 0.3) is 0 Å². The summed E-state index contributed by atoms with van der Waals surface area (Å²) in [6, 6.07) is 17.6. The van der Waals surface area contributed by atoms with Crippen molar-refractivity contribution >= 4 is 45.4 Å². The molecule has 0 atom stereocenters.